The normalized spacial score (nSPS) is 18.8. The van der Waals surface area contributed by atoms with Crippen LogP contribution in [0.2, 0.25) is 0 Å². The van der Waals surface area contributed by atoms with Crippen molar-refractivity contribution in [3.63, 3.8) is 0 Å². The summed E-state index contributed by atoms with van der Waals surface area (Å²) in [5.74, 6) is -1.13. The third-order valence-corrected chi connectivity index (χ3v) is 12.4. The molecule has 0 amide bonds. The Labute approximate surface area is 319 Å². The van der Waals surface area contributed by atoms with Gasteiger partial charge in [0, 0.05) is 18.3 Å². The molecule has 0 atom stereocenters. The van der Waals surface area contributed by atoms with Crippen molar-refractivity contribution in [2.45, 2.75) is 5.91 Å². The van der Waals surface area contributed by atoms with E-state index in [4.69, 9.17) is 39.9 Å². The molecule has 4 aromatic carbocycles. The van der Waals surface area contributed by atoms with Gasteiger partial charge in [0.25, 0.3) is 45.6 Å². The number of allylic oxidation sites excluding steroid dienone is 4. The summed E-state index contributed by atoms with van der Waals surface area (Å²) >= 11 is 0. The van der Waals surface area contributed by atoms with E-state index in [1.165, 1.54) is 0 Å². The molecule has 4 aromatic heterocycles. The fraction of sp³-hybridized carbons (Fsp3) is 0.0222. The molecule has 0 saturated heterocycles. The maximum absolute atomic E-state index is 5.37. The zero-order chi connectivity index (χ0) is 36.5. The number of nitrogens with zero attached hydrogens (tertiary/aromatic N) is 12. The molecule has 0 unspecified atom stereocenters. The number of benzene rings is 4. The lowest BCUT2D eigenvalue weighted by Crippen LogP contribution is -2.71. The van der Waals surface area contributed by atoms with Gasteiger partial charge in [-0.1, -0.05) is 48.5 Å². The minimum Gasteiger partial charge on any atom is -0.237 e. The van der Waals surface area contributed by atoms with Crippen LogP contribution in [0, 0.1) is 0 Å². The van der Waals surface area contributed by atoms with Crippen LogP contribution in [0.3, 0.4) is 0 Å². The van der Waals surface area contributed by atoms with E-state index in [1.807, 2.05) is 97.1 Å². The lowest BCUT2D eigenvalue weighted by Gasteiger charge is -2.26. The van der Waals surface area contributed by atoms with E-state index in [0.717, 1.165) is 135 Å². The summed E-state index contributed by atoms with van der Waals surface area (Å²) in [6.45, 7) is 0. The fourth-order valence-electron chi connectivity index (χ4n) is 10.3. The van der Waals surface area contributed by atoms with Crippen LogP contribution in [0.15, 0.2) is 121 Å². The molecule has 57 heavy (non-hydrogen) atoms. The number of fused-ring (bicyclic) bond motifs is 16. The molecular formula is C45H20N12+4. The predicted molar refractivity (Wildman–Crippen MR) is 210 cm³/mol. The van der Waals surface area contributed by atoms with E-state index >= 15 is 0 Å². The molecule has 0 N–H and O–H groups in total. The molecule has 256 valence electrons. The molecule has 0 radical (unpaired) electrons. The Morgan fingerprint density at radius 2 is 0.456 bits per heavy atom. The predicted octanol–water partition coefficient (Wildman–Crippen LogP) is 4.85. The van der Waals surface area contributed by atoms with Gasteiger partial charge in [0.1, 0.15) is 0 Å². The Morgan fingerprint density at radius 1 is 0.263 bits per heavy atom. The molecule has 12 heterocycles. The van der Waals surface area contributed by atoms with Crippen LogP contribution in [-0.2, 0) is 0 Å². The molecule has 8 aromatic rings. The quantitative estimate of drug-likeness (QED) is 0.204. The first-order valence-electron chi connectivity index (χ1n) is 18.9. The van der Waals surface area contributed by atoms with Gasteiger partial charge in [0.05, 0.1) is 68.4 Å². The van der Waals surface area contributed by atoms with Crippen LogP contribution >= 0.6 is 0 Å². The summed E-state index contributed by atoms with van der Waals surface area (Å²) in [7, 11) is 0. The van der Waals surface area contributed by atoms with Crippen LogP contribution in [0.1, 0.15) is 45.6 Å². The minimum atomic E-state index is -1.13. The van der Waals surface area contributed by atoms with Crippen molar-refractivity contribution in [2.75, 3.05) is 0 Å². The average molecular weight is 729 g/mol. The van der Waals surface area contributed by atoms with Crippen molar-refractivity contribution in [3.8, 4) is 0 Å². The van der Waals surface area contributed by atoms with Crippen molar-refractivity contribution in [1.82, 2.24) is 39.9 Å². The average Bonchev–Trinajstić information content (AvgIpc) is 3.95. The summed E-state index contributed by atoms with van der Waals surface area (Å²) in [6.07, 6.45) is 8.92. The number of hydrogen-bond acceptors (Lipinski definition) is 8. The van der Waals surface area contributed by atoms with Gasteiger partial charge in [-0.3, -0.25) is 0 Å². The van der Waals surface area contributed by atoms with E-state index in [9.17, 15) is 0 Å². The van der Waals surface area contributed by atoms with E-state index in [0.29, 0.717) is 0 Å². The zero-order valence-corrected chi connectivity index (χ0v) is 29.4. The first-order valence-corrected chi connectivity index (χ1v) is 18.9. The highest BCUT2D eigenvalue weighted by Gasteiger charge is 2.90. The maximum atomic E-state index is 5.37. The molecule has 0 fully saturated rings. The van der Waals surface area contributed by atoms with Gasteiger partial charge in [0.2, 0.25) is 0 Å². The molecule has 12 heteroatoms. The molecule has 0 bridgehead atoms. The highest BCUT2D eigenvalue weighted by molar-refractivity contribution is 6.24. The number of hydrogen-bond donors (Lipinski definition) is 0. The van der Waals surface area contributed by atoms with Crippen molar-refractivity contribution >= 4 is 89.8 Å². The van der Waals surface area contributed by atoms with Crippen molar-refractivity contribution in [1.29, 1.82) is 0 Å². The Kier molecular flexibility index (Phi) is 4.20. The number of aromatic nitrogens is 8. The highest BCUT2D eigenvalue weighted by Crippen LogP contribution is 2.54. The zero-order valence-electron chi connectivity index (χ0n) is 29.4. The molecule has 8 aliphatic heterocycles. The van der Waals surface area contributed by atoms with E-state index in [1.54, 1.807) is 0 Å². The molecular weight excluding hydrogens is 709 g/mol. The standard InChI is InChI=1S/C45H20N12/c1-2-10-22-21(9-1)46-37-29-17-31-39-41(50-24-12-4-3-11-23(24)48-39)33-19-35-43-44(53-28-16-8-7-15-27(28)52-43)36-20-34-42-40(49-25-13-5-6-14-26(25)51-42)32-18-30(38(37)47-22)54(29)45(55(31)33,56(32)34)57(35)36/h1-20H/q+4. The number of para-hydroxylation sites is 8. The molecule has 16 rings (SSSR count). The largest absolute Gasteiger partial charge is 0.771 e. The molecule has 8 aliphatic rings. The third kappa shape index (κ3) is 2.86. The van der Waals surface area contributed by atoms with Crippen LogP contribution in [0.4, 0.5) is 0 Å². The fourth-order valence-corrected chi connectivity index (χ4v) is 10.3. The summed E-state index contributed by atoms with van der Waals surface area (Å²) in [6, 6.07) is 32.3. The molecule has 0 aliphatic carbocycles. The lowest BCUT2D eigenvalue weighted by molar-refractivity contribution is -1.08. The van der Waals surface area contributed by atoms with Gasteiger partial charge in [-0.25, -0.2) is 39.9 Å². The van der Waals surface area contributed by atoms with Gasteiger partial charge in [0.15, 0.2) is 45.6 Å². The summed E-state index contributed by atoms with van der Waals surface area (Å²) in [5.41, 5.74) is 20.5. The lowest BCUT2D eigenvalue weighted by atomic mass is 10.1. The first kappa shape index (κ1) is 27.5. The van der Waals surface area contributed by atoms with E-state index in [-0.39, 0.29) is 0 Å². The smallest absolute Gasteiger partial charge is 0.237 e. The van der Waals surface area contributed by atoms with Gasteiger partial charge in [-0.05, 0) is 48.5 Å². The Bertz CT molecular complexity index is 3300. The van der Waals surface area contributed by atoms with Crippen LogP contribution in [0.5, 0.6) is 0 Å². The molecule has 0 saturated carbocycles. The third-order valence-electron chi connectivity index (χ3n) is 12.4. The minimum absolute atomic E-state index is 0.810. The van der Waals surface area contributed by atoms with Crippen molar-refractivity contribution in [3.05, 3.63) is 167 Å². The van der Waals surface area contributed by atoms with Crippen LogP contribution in [-0.4, -0.2) is 86.9 Å². The van der Waals surface area contributed by atoms with Gasteiger partial charge in [-0.2, -0.15) is 0 Å². The van der Waals surface area contributed by atoms with Crippen molar-refractivity contribution < 1.29 is 18.3 Å². The SMILES string of the molecule is C1=C2c3nc4ccccc4nc3C3=[N+]2C24[N+]5=C1c1nc6ccccc6nc1C5=CC1=[N+]2C(=CC2=[N+]4C(=C3)c3nc4ccccc4nc32)c2nc3ccccc3nc21. The van der Waals surface area contributed by atoms with Gasteiger partial charge in [-0.15, -0.1) is 0 Å². The Hall–Kier alpha value is -8.12. The molecule has 1 spiro atoms. The molecule has 12 nitrogen and oxygen atoms in total. The second kappa shape index (κ2) is 8.72. The van der Waals surface area contributed by atoms with Gasteiger partial charge >= 0.3 is 5.91 Å². The monoisotopic (exact) mass is 728 g/mol. The van der Waals surface area contributed by atoms with Crippen LogP contribution < -0.4 is 0 Å². The van der Waals surface area contributed by atoms with Crippen LogP contribution in [0.25, 0.3) is 66.9 Å². The second-order valence-electron chi connectivity index (χ2n) is 15.2. The summed E-state index contributed by atoms with van der Waals surface area (Å²) < 4.78 is 9.64. The van der Waals surface area contributed by atoms with Gasteiger partial charge < -0.3 is 0 Å². The second-order valence-corrected chi connectivity index (χ2v) is 15.2. The first-order chi connectivity index (χ1) is 28.2. The Morgan fingerprint density at radius 3 is 0.667 bits per heavy atom. The highest BCUT2D eigenvalue weighted by atomic mass is 15.7. The van der Waals surface area contributed by atoms with E-state index < -0.39 is 5.91 Å². The van der Waals surface area contributed by atoms with E-state index in [2.05, 4.69) is 42.6 Å². The van der Waals surface area contributed by atoms with Crippen molar-refractivity contribution in [2.24, 2.45) is 0 Å². The Balaban J connectivity index is 1.14. The number of rotatable bonds is 0. The summed E-state index contributed by atoms with van der Waals surface area (Å²) in [5, 5.41) is 0. The summed E-state index contributed by atoms with van der Waals surface area (Å²) in [4.78, 5) is 43.0. The topological polar surface area (TPSA) is 115 Å². The maximum Gasteiger partial charge on any atom is 0.771 e.